The highest BCUT2D eigenvalue weighted by Gasteiger charge is 2.52. The Morgan fingerprint density at radius 3 is 2.17 bits per heavy atom. The highest BCUT2D eigenvalue weighted by Crippen LogP contribution is 2.37. The van der Waals surface area contributed by atoms with Crippen LogP contribution < -0.4 is 5.46 Å². The van der Waals surface area contributed by atoms with E-state index >= 15 is 0 Å². The van der Waals surface area contributed by atoms with Gasteiger partial charge in [0.25, 0.3) is 0 Å². The molecule has 0 amide bonds. The number of methoxy groups -OCH3 is 1. The van der Waals surface area contributed by atoms with Crippen LogP contribution in [0.3, 0.4) is 0 Å². The summed E-state index contributed by atoms with van der Waals surface area (Å²) in [4.78, 5) is 11.5. The average Bonchev–Trinajstić information content (AvgIpc) is 2.73. The summed E-state index contributed by atoms with van der Waals surface area (Å²) in [5, 5.41) is 20.2. The van der Waals surface area contributed by atoms with Gasteiger partial charge in [0, 0.05) is 0 Å². The van der Waals surface area contributed by atoms with Crippen molar-refractivity contribution in [1.82, 2.24) is 0 Å². The molecule has 1 aliphatic heterocycles. The second kappa shape index (κ2) is 6.24. The fourth-order valence-electron chi connectivity index (χ4n) is 2.38. The van der Waals surface area contributed by atoms with Crippen LogP contribution in [0.4, 0.5) is 0 Å². The van der Waals surface area contributed by atoms with Crippen LogP contribution in [0.15, 0.2) is 24.3 Å². The van der Waals surface area contributed by atoms with Crippen LogP contribution in [-0.4, -0.2) is 47.7 Å². The molecular formula is C16H23BO6. The Balaban J connectivity index is 2.34. The number of ether oxygens (including phenoxy) is 1. The molecule has 1 aliphatic rings. The summed E-state index contributed by atoms with van der Waals surface area (Å²) in [6.07, 6.45) is -3.11. The summed E-state index contributed by atoms with van der Waals surface area (Å²) in [5.41, 5.74) is -0.126. The summed E-state index contributed by atoms with van der Waals surface area (Å²) in [7, 11) is 0.453. The molecule has 126 valence electrons. The third-order valence-electron chi connectivity index (χ3n) is 4.56. The predicted molar refractivity (Wildman–Crippen MR) is 85.1 cm³/mol. The summed E-state index contributed by atoms with van der Waals surface area (Å²) in [6, 6.07) is 6.85. The van der Waals surface area contributed by atoms with E-state index in [0.717, 1.165) is 7.11 Å². The molecule has 1 aromatic carbocycles. The Morgan fingerprint density at radius 2 is 1.65 bits per heavy atom. The molecule has 2 rings (SSSR count). The maximum absolute atomic E-state index is 11.5. The largest absolute Gasteiger partial charge is 0.495 e. The predicted octanol–water partition coefficient (Wildman–Crippen LogP) is 0.553. The third kappa shape index (κ3) is 3.28. The fourth-order valence-corrected chi connectivity index (χ4v) is 2.38. The second-order valence-corrected chi connectivity index (χ2v) is 6.63. The monoisotopic (exact) mass is 322 g/mol. The molecule has 2 atom stereocenters. The van der Waals surface area contributed by atoms with Crippen LogP contribution in [-0.2, 0) is 18.8 Å². The minimum Gasteiger partial charge on any atom is -0.467 e. The van der Waals surface area contributed by atoms with Crippen LogP contribution in [0.5, 0.6) is 0 Å². The summed E-state index contributed by atoms with van der Waals surface area (Å²) in [6.45, 7) is 7.70. The van der Waals surface area contributed by atoms with Gasteiger partial charge in [-0.25, -0.2) is 4.79 Å². The zero-order valence-corrected chi connectivity index (χ0v) is 14.1. The number of esters is 1. The van der Waals surface area contributed by atoms with Crippen molar-refractivity contribution in [3.8, 4) is 0 Å². The van der Waals surface area contributed by atoms with E-state index in [-0.39, 0.29) is 0 Å². The van der Waals surface area contributed by atoms with Crippen LogP contribution in [0.1, 0.15) is 39.4 Å². The second-order valence-electron chi connectivity index (χ2n) is 6.63. The molecule has 0 saturated carbocycles. The highest BCUT2D eigenvalue weighted by molar-refractivity contribution is 6.62. The van der Waals surface area contributed by atoms with Gasteiger partial charge in [0.15, 0.2) is 6.10 Å². The first-order valence-electron chi connectivity index (χ1n) is 7.49. The first-order valence-corrected chi connectivity index (χ1v) is 7.49. The average molecular weight is 322 g/mol. The van der Waals surface area contributed by atoms with Gasteiger partial charge in [-0.2, -0.15) is 0 Å². The van der Waals surface area contributed by atoms with E-state index in [9.17, 15) is 15.0 Å². The van der Waals surface area contributed by atoms with Crippen molar-refractivity contribution >= 4 is 18.6 Å². The number of hydrogen-bond donors (Lipinski definition) is 2. The molecule has 0 spiro atoms. The molecule has 0 bridgehead atoms. The number of carbonyl (C=O) groups is 1. The van der Waals surface area contributed by atoms with E-state index in [1.165, 1.54) is 0 Å². The van der Waals surface area contributed by atoms with E-state index in [2.05, 4.69) is 4.74 Å². The van der Waals surface area contributed by atoms with Crippen molar-refractivity contribution in [3.63, 3.8) is 0 Å². The number of carbonyl (C=O) groups excluding carboxylic acids is 1. The first kappa shape index (κ1) is 17.9. The van der Waals surface area contributed by atoms with Gasteiger partial charge in [0.1, 0.15) is 6.10 Å². The number of rotatable bonds is 4. The van der Waals surface area contributed by atoms with Gasteiger partial charge in [0.2, 0.25) is 0 Å². The van der Waals surface area contributed by atoms with E-state index < -0.39 is 36.5 Å². The smallest absolute Gasteiger partial charge is 0.467 e. The van der Waals surface area contributed by atoms with Crippen LogP contribution >= 0.6 is 0 Å². The fraction of sp³-hybridized carbons (Fsp3) is 0.562. The Kier molecular flexibility index (Phi) is 4.87. The van der Waals surface area contributed by atoms with Gasteiger partial charge in [-0.1, -0.05) is 24.3 Å². The van der Waals surface area contributed by atoms with E-state index in [1.54, 1.807) is 24.3 Å². The summed E-state index contributed by atoms with van der Waals surface area (Å²) < 4.78 is 16.4. The zero-order valence-electron chi connectivity index (χ0n) is 14.1. The first-order chi connectivity index (χ1) is 10.6. The van der Waals surface area contributed by atoms with Gasteiger partial charge < -0.3 is 24.3 Å². The number of hydrogen-bond acceptors (Lipinski definition) is 6. The zero-order chi connectivity index (χ0) is 17.4. The van der Waals surface area contributed by atoms with Crippen LogP contribution in [0.25, 0.3) is 0 Å². The van der Waals surface area contributed by atoms with Crippen molar-refractivity contribution in [3.05, 3.63) is 29.8 Å². The molecular weight excluding hydrogens is 299 g/mol. The van der Waals surface area contributed by atoms with Crippen molar-refractivity contribution in [2.24, 2.45) is 0 Å². The van der Waals surface area contributed by atoms with Crippen molar-refractivity contribution < 1.29 is 29.1 Å². The van der Waals surface area contributed by atoms with E-state index in [1.807, 2.05) is 27.7 Å². The lowest BCUT2D eigenvalue weighted by Gasteiger charge is -2.32. The molecule has 2 unspecified atom stereocenters. The Labute approximate surface area is 136 Å². The molecule has 7 heteroatoms. The van der Waals surface area contributed by atoms with Gasteiger partial charge in [-0.05, 0) is 38.7 Å². The minimum atomic E-state index is -1.68. The molecule has 0 aromatic heterocycles. The molecule has 1 heterocycles. The maximum atomic E-state index is 11.5. The molecule has 6 nitrogen and oxygen atoms in total. The van der Waals surface area contributed by atoms with Crippen LogP contribution in [0, 0.1) is 0 Å². The van der Waals surface area contributed by atoms with Gasteiger partial charge in [-0.15, -0.1) is 0 Å². The number of aliphatic hydroxyl groups excluding tert-OH is 2. The lowest BCUT2D eigenvalue weighted by atomic mass is 9.74. The van der Waals surface area contributed by atoms with Crippen molar-refractivity contribution in [2.75, 3.05) is 7.11 Å². The SMILES string of the molecule is COC(=O)C(O)C(O)c1ccccc1B1OC(C)(C)C(C)(C)O1. The Morgan fingerprint density at radius 1 is 1.13 bits per heavy atom. The molecule has 1 aromatic rings. The standard InChI is InChI=1S/C16H23BO6/c1-15(2)16(3,4)23-17(22-15)11-9-7-6-8-10(11)12(18)13(19)14(20)21-5/h6-9,12-13,18-19H,1-5H3. The number of aliphatic hydroxyl groups is 2. The molecule has 23 heavy (non-hydrogen) atoms. The molecule has 0 aliphatic carbocycles. The normalized spacial score (nSPS) is 21.8. The topological polar surface area (TPSA) is 85.2 Å². The van der Waals surface area contributed by atoms with Gasteiger partial charge >= 0.3 is 13.1 Å². The summed E-state index contributed by atoms with van der Waals surface area (Å²) >= 11 is 0. The summed E-state index contributed by atoms with van der Waals surface area (Å²) in [5.74, 6) is -0.902. The molecule has 1 saturated heterocycles. The Bertz CT molecular complexity index is 570. The minimum absolute atomic E-state index is 0.365. The van der Waals surface area contributed by atoms with Crippen LogP contribution in [0.2, 0.25) is 0 Å². The van der Waals surface area contributed by atoms with Gasteiger partial charge in [0.05, 0.1) is 18.3 Å². The molecule has 2 N–H and O–H groups in total. The molecule has 1 fully saturated rings. The quantitative estimate of drug-likeness (QED) is 0.622. The van der Waals surface area contributed by atoms with Crippen molar-refractivity contribution in [2.45, 2.75) is 51.1 Å². The lowest BCUT2D eigenvalue weighted by Crippen LogP contribution is -2.41. The van der Waals surface area contributed by atoms with E-state index in [0.29, 0.717) is 11.0 Å². The number of benzene rings is 1. The highest BCUT2D eigenvalue weighted by atomic mass is 16.7. The maximum Gasteiger partial charge on any atom is 0.495 e. The molecule has 0 radical (unpaired) electrons. The van der Waals surface area contributed by atoms with E-state index in [4.69, 9.17) is 9.31 Å². The Hall–Kier alpha value is -1.41. The van der Waals surface area contributed by atoms with Crippen molar-refractivity contribution in [1.29, 1.82) is 0 Å². The lowest BCUT2D eigenvalue weighted by molar-refractivity contribution is -0.156. The third-order valence-corrected chi connectivity index (χ3v) is 4.56. The van der Waals surface area contributed by atoms with Gasteiger partial charge in [-0.3, -0.25) is 0 Å².